The number of nitrogen functional groups attached to an aromatic ring is 1. The molecule has 2 aromatic rings. The summed E-state index contributed by atoms with van der Waals surface area (Å²) in [5, 5.41) is 2.96. The first-order valence-corrected chi connectivity index (χ1v) is 6.57. The van der Waals surface area contributed by atoms with Crippen LogP contribution in [0.5, 0.6) is 0 Å². The summed E-state index contributed by atoms with van der Waals surface area (Å²) in [6.45, 7) is 1.67. The van der Waals surface area contributed by atoms with Gasteiger partial charge in [0.05, 0.1) is 16.8 Å². The van der Waals surface area contributed by atoms with E-state index in [1.165, 1.54) is 24.3 Å². The Morgan fingerprint density at radius 2 is 1.90 bits per heavy atom. The molecule has 0 aliphatic carbocycles. The summed E-state index contributed by atoms with van der Waals surface area (Å²) in [5.41, 5.74) is 6.75. The molecule has 0 saturated heterocycles. The third-order valence-electron chi connectivity index (χ3n) is 3.05. The molecule has 0 aliphatic rings. The molecule has 0 fully saturated rings. The van der Waals surface area contributed by atoms with Crippen LogP contribution in [0.2, 0.25) is 5.02 Å². The lowest BCUT2D eigenvalue weighted by molar-refractivity contribution is 0.0940. The second kappa shape index (κ2) is 6.10. The molecule has 2 aromatic carbocycles. The van der Waals surface area contributed by atoms with Crippen LogP contribution >= 0.6 is 11.6 Å². The lowest BCUT2D eigenvalue weighted by Crippen LogP contribution is -2.26. The topological polar surface area (TPSA) is 55.1 Å². The quantitative estimate of drug-likeness (QED) is 0.849. The minimum Gasteiger partial charge on any atom is -0.398 e. The molecule has 0 spiro atoms. The molecule has 0 radical (unpaired) electrons. The molecule has 0 aliphatic heterocycles. The van der Waals surface area contributed by atoms with Gasteiger partial charge in [-0.1, -0.05) is 17.7 Å². The number of rotatable bonds is 3. The molecule has 1 amide bonds. The van der Waals surface area contributed by atoms with Crippen molar-refractivity contribution in [3.63, 3.8) is 0 Å². The Kier molecular flexibility index (Phi) is 4.43. The standard InChI is InChI=1S/C15H13ClF2N2O/c1-8(9-2-4-12(17)13(18)7-9)20-15(21)10-3-5-14(19)11(16)6-10/h2-8H,19H2,1H3,(H,20,21). The van der Waals surface area contributed by atoms with E-state index < -0.39 is 17.7 Å². The fourth-order valence-electron chi connectivity index (χ4n) is 1.81. The maximum Gasteiger partial charge on any atom is 0.251 e. The number of nitrogens with one attached hydrogen (secondary N) is 1. The first-order chi connectivity index (χ1) is 9.88. The summed E-state index contributed by atoms with van der Waals surface area (Å²) in [5.74, 6) is -2.26. The minimum absolute atomic E-state index is 0.281. The van der Waals surface area contributed by atoms with Gasteiger partial charge in [-0.25, -0.2) is 8.78 Å². The highest BCUT2D eigenvalue weighted by molar-refractivity contribution is 6.33. The number of carbonyl (C=O) groups excluding carboxylic acids is 1. The van der Waals surface area contributed by atoms with E-state index in [4.69, 9.17) is 17.3 Å². The number of halogens is 3. The number of nitrogens with two attached hydrogens (primary N) is 1. The van der Waals surface area contributed by atoms with Crippen molar-refractivity contribution in [1.82, 2.24) is 5.32 Å². The zero-order valence-electron chi connectivity index (χ0n) is 11.2. The van der Waals surface area contributed by atoms with Gasteiger partial charge < -0.3 is 11.1 Å². The summed E-state index contributed by atoms with van der Waals surface area (Å²) in [4.78, 5) is 12.1. The fourth-order valence-corrected chi connectivity index (χ4v) is 1.99. The molecule has 0 aromatic heterocycles. The summed E-state index contributed by atoms with van der Waals surface area (Å²) >= 11 is 5.85. The monoisotopic (exact) mass is 310 g/mol. The maximum atomic E-state index is 13.2. The van der Waals surface area contributed by atoms with E-state index >= 15 is 0 Å². The van der Waals surface area contributed by atoms with Crippen molar-refractivity contribution in [2.75, 3.05) is 5.73 Å². The number of anilines is 1. The van der Waals surface area contributed by atoms with Gasteiger partial charge in [-0.2, -0.15) is 0 Å². The normalized spacial score (nSPS) is 12.0. The summed E-state index contributed by atoms with van der Waals surface area (Å²) in [6, 6.07) is 7.52. The van der Waals surface area contributed by atoms with Crippen LogP contribution in [0.4, 0.5) is 14.5 Å². The molecule has 1 atom stereocenters. The van der Waals surface area contributed by atoms with Gasteiger partial charge in [0.25, 0.3) is 5.91 Å². The van der Waals surface area contributed by atoms with Gasteiger partial charge in [0.1, 0.15) is 0 Å². The van der Waals surface area contributed by atoms with E-state index in [9.17, 15) is 13.6 Å². The zero-order valence-corrected chi connectivity index (χ0v) is 11.9. The van der Waals surface area contributed by atoms with Crippen molar-refractivity contribution in [3.05, 3.63) is 64.2 Å². The molecule has 3 nitrogen and oxygen atoms in total. The zero-order chi connectivity index (χ0) is 15.6. The van der Waals surface area contributed by atoms with Crippen molar-refractivity contribution in [1.29, 1.82) is 0 Å². The van der Waals surface area contributed by atoms with E-state index in [0.29, 0.717) is 16.8 Å². The van der Waals surface area contributed by atoms with Gasteiger partial charge in [-0.15, -0.1) is 0 Å². The Bertz CT molecular complexity index is 691. The van der Waals surface area contributed by atoms with Crippen molar-refractivity contribution < 1.29 is 13.6 Å². The third-order valence-corrected chi connectivity index (χ3v) is 3.38. The van der Waals surface area contributed by atoms with Crippen LogP contribution < -0.4 is 11.1 Å². The highest BCUT2D eigenvalue weighted by atomic mass is 35.5. The molecule has 21 heavy (non-hydrogen) atoms. The van der Waals surface area contributed by atoms with E-state index in [1.807, 2.05) is 0 Å². The number of hydrogen-bond donors (Lipinski definition) is 2. The molecular weight excluding hydrogens is 298 g/mol. The average Bonchev–Trinajstić information content (AvgIpc) is 2.44. The van der Waals surface area contributed by atoms with Gasteiger partial charge in [-0.3, -0.25) is 4.79 Å². The van der Waals surface area contributed by atoms with Crippen LogP contribution in [-0.2, 0) is 0 Å². The second-order valence-electron chi connectivity index (χ2n) is 4.60. The summed E-state index contributed by atoms with van der Waals surface area (Å²) < 4.78 is 26.1. The number of amides is 1. The molecule has 110 valence electrons. The van der Waals surface area contributed by atoms with Gasteiger partial charge >= 0.3 is 0 Å². The fraction of sp³-hybridized carbons (Fsp3) is 0.133. The van der Waals surface area contributed by atoms with Gasteiger partial charge in [-0.05, 0) is 42.8 Å². The molecule has 0 heterocycles. The molecule has 2 rings (SSSR count). The van der Waals surface area contributed by atoms with E-state index in [2.05, 4.69) is 5.32 Å². The van der Waals surface area contributed by atoms with Gasteiger partial charge in [0, 0.05) is 5.56 Å². The van der Waals surface area contributed by atoms with Crippen LogP contribution in [0.1, 0.15) is 28.9 Å². The van der Waals surface area contributed by atoms with Gasteiger partial charge in [0.2, 0.25) is 0 Å². The van der Waals surface area contributed by atoms with E-state index in [0.717, 1.165) is 12.1 Å². The predicted molar refractivity (Wildman–Crippen MR) is 78.1 cm³/mol. The molecule has 0 saturated carbocycles. The van der Waals surface area contributed by atoms with Crippen LogP contribution in [-0.4, -0.2) is 5.91 Å². The minimum atomic E-state index is -0.955. The largest absolute Gasteiger partial charge is 0.398 e. The first-order valence-electron chi connectivity index (χ1n) is 6.19. The van der Waals surface area contributed by atoms with Crippen molar-refractivity contribution in [2.24, 2.45) is 0 Å². The van der Waals surface area contributed by atoms with E-state index in [-0.39, 0.29) is 10.9 Å². The third kappa shape index (κ3) is 3.49. The van der Waals surface area contributed by atoms with Crippen molar-refractivity contribution in [3.8, 4) is 0 Å². The summed E-state index contributed by atoms with van der Waals surface area (Å²) in [6.07, 6.45) is 0. The highest BCUT2D eigenvalue weighted by Crippen LogP contribution is 2.21. The van der Waals surface area contributed by atoms with Crippen LogP contribution in [0.25, 0.3) is 0 Å². The Balaban J connectivity index is 2.14. The van der Waals surface area contributed by atoms with E-state index in [1.54, 1.807) is 6.92 Å². The van der Waals surface area contributed by atoms with Crippen molar-refractivity contribution >= 4 is 23.2 Å². The Morgan fingerprint density at radius 1 is 1.19 bits per heavy atom. The Hall–Kier alpha value is -2.14. The predicted octanol–water partition coefficient (Wildman–Crippen LogP) is 3.69. The molecule has 6 heteroatoms. The van der Waals surface area contributed by atoms with Crippen LogP contribution in [0, 0.1) is 11.6 Å². The number of benzene rings is 2. The van der Waals surface area contributed by atoms with Gasteiger partial charge in [0.15, 0.2) is 11.6 Å². The van der Waals surface area contributed by atoms with Crippen LogP contribution in [0.15, 0.2) is 36.4 Å². The smallest absolute Gasteiger partial charge is 0.251 e. The maximum absolute atomic E-state index is 13.2. The van der Waals surface area contributed by atoms with Crippen molar-refractivity contribution in [2.45, 2.75) is 13.0 Å². The lowest BCUT2D eigenvalue weighted by atomic mass is 10.1. The molecular formula is C15H13ClF2N2O. The molecule has 3 N–H and O–H groups in total. The highest BCUT2D eigenvalue weighted by Gasteiger charge is 2.14. The number of carbonyl (C=O) groups is 1. The first kappa shape index (κ1) is 15.3. The second-order valence-corrected chi connectivity index (χ2v) is 5.01. The van der Waals surface area contributed by atoms with Crippen LogP contribution in [0.3, 0.4) is 0 Å². The average molecular weight is 311 g/mol. The Morgan fingerprint density at radius 3 is 2.52 bits per heavy atom. The Labute approximate surface area is 125 Å². The molecule has 1 unspecified atom stereocenters. The SMILES string of the molecule is CC(NC(=O)c1ccc(N)c(Cl)c1)c1ccc(F)c(F)c1. The lowest BCUT2D eigenvalue weighted by Gasteiger charge is -2.15. The summed E-state index contributed by atoms with van der Waals surface area (Å²) in [7, 11) is 0. The molecule has 0 bridgehead atoms. The number of hydrogen-bond acceptors (Lipinski definition) is 2.